The minimum absolute atomic E-state index is 0.0163. The Morgan fingerprint density at radius 2 is 1.50 bits per heavy atom. The number of carbonyl (C=O) groups excluding carboxylic acids is 2. The number of hydrogen-bond acceptors (Lipinski definition) is 6. The van der Waals surface area contributed by atoms with Crippen molar-refractivity contribution in [2.45, 2.75) is 32.7 Å². The number of nitrogens with zero attached hydrogens (tertiary/aromatic N) is 4. The van der Waals surface area contributed by atoms with Crippen LogP contribution in [-0.4, -0.2) is 50.3 Å². The highest BCUT2D eigenvalue weighted by molar-refractivity contribution is 6.03. The molecule has 34 heavy (non-hydrogen) atoms. The predicted octanol–water partition coefficient (Wildman–Crippen LogP) is 3.86. The number of benzene rings is 2. The number of amides is 1. The Bertz CT molecular complexity index is 1050. The second-order valence-electron chi connectivity index (χ2n) is 8.29. The maximum absolute atomic E-state index is 12.9. The van der Waals surface area contributed by atoms with Crippen molar-refractivity contribution in [2.24, 2.45) is 0 Å². The van der Waals surface area contributed by atoms with Crippen molar-refractivity contribution < 1.29 is 9.59 Å². The minimum atomic E-state index is -0.331. The summed E-state index contributed by atoms with van der Waals surface area (Å²) in [5.74, 6) is 0.0161. The zero-order valence-corrected chi connectivity index (χ0v) is 20.4. The number of likely N-dealkylation sites (N-methyl/N-ethyl adjacent to an activating group) is 1. The van der Waals surface area contributed by atoms with Crippen LogP contribution >= 0.6 is 0 Å². The van der Waals surface area contributed by atoms with Gasteiger partial charge in [-0.3, -0.25) is 14.5 Å². The average molecular weight is 460 g/mol. The van der Waals surface area contributed by atoms with Gasteiger partial charge in [0, 0.05) is 33.5 Å². The Morgan fingerprint density at radius 3 is 2.03 bits per heavy atom. The summed E-state index contributed by atoms with van der Waals surface area (Å²) in [6, 6.07) is 20.0. The Kier molecular flexibility index (Phi) is 8.44. The molecule has 7 heteroatoms. The minimum Gasteiger partial charge on any atom is -0.354 e. The molecule has 178 valence electrons. The van der Waals surface area contributed by atoms with E-state index in [0.29, 0.717) is 12.4 Å². The van der Waals surface area contributed by atoms with E-state index in [2.05, 4.69) is 42.3 Å². The molecule has 1 N–H and O–H groups in total. The molecule has 1 amide bonds. The lowest BCUT2D eigenvalue weighted by molar-refractivity contribution is -0.124. The van der Waals surface area contributed by atoms with Crippen LogP contribution in [0.5, 0.6) is 0 Å². The van der Waals surface area contributed by atoms with Gasteiger partial charge in [-0.25, -0.2) is 0 Å². The van der Waals surface area contributed by atoms with Crippen molar-refractivity contribution in [2.75, 3.05) is 43.5 Å². The van der Waals surface area contributed by atoms with Crippen molar-refractivity contribution in [1.82, 2.24) is 10.2 Å². The molecule has 7 nitrogen and oxygen atoms in total. The van der Waals surface area contributed by atoms with Crippen LogP contribution in [0.2, 0.25) is 0 Å². The largest absolute Gasteiger partial charge is 0.354 e. The normalized spacial score (nSPS) is 13.5. The van der Waals surface area contributed by atoms with Gasteiger partial charge in [-0.1, -0.05) is 56.3 Å². The van der Waals surface area contributed by atoms with Crippen LogP contribution in [0, 0.1) is 11.3 Å². The van der Waals surface area contributed by atoms with E-state index in [-0.39, 0.29) is 36.1 Å². The zero-order chi connectivity index (χ0) is 24.7. The number of nitrogens with one attached hydrogen (secondary N) is 1. The van der Waals surface area contributed by atoms with Gasteiger partial charge in [0.05, 0.1) is 17.4 Å². The lowest BCUT2D eigenvalue weighted by atomic mass is 10.0. The highest BCUT2D eigenvalue weighted by Crippen LogP contribution is 2.40. The molecule has 0 aromatic heterocycles. The van der Waals surface area contributed by atoms with E-state index in [1.165, 1.54) is 0 Å². The fourth-order valence-electron chi connectivity index (χ4n) is 4.51. The maximum Gasteiger partial charge on any atom is 0.220 e. The molecule has 0 saturated heterocycles. The molecule has 1 unspecified atom stereocenters. The Hall–Kier alpha value is -3.63. The van der Waals surface area contributed by atoms with E-state index in [4.69, 9.17) is 0 Å². The Morgan fingerprint density at radius 1 is 0.941 bits per heavy atom. The van der Waals surface area contributed by atoms with Crippen LogP contribution in [-0.2, 0) is 9.59 Å². The number of nitriles is 1. The van der Waals surface area contributed by atoms with Gasteiger partial charge in [-0.15, -0.1) is 0 Å². The van der Waals surface area contributed by atoms with Crippen LogP contribution in [0.25, 0.3) is 0 Å². The summed E-state index contributed by atoms with van der Waals surface area (Å²) in [6.45, 7) is 6.41. The van der Waals surface area contributed by atoms with Crippen molar-refractivity contribution >= 4 is 23.1 Å². The van der Waals surface area contributed by atoms with Crippen molar-refractivity contribution in [3.8, 4) is 6.07 Å². The molecule has 0 saturated carbocycles. The molecule has 1 heterocycles. The topological polar surface area (TPSA) is 79.7 Å². The first-order valence-corrected chi connectivity index (χ1v) is 11.7. The molecule has 2 aromatic carbocycles. The number of para-hydroxylation sites is 2. The fraction of sp³-hybridized carbons (Fsp3) is 0.370. The standard InChI is InChI=1S/C27H33N5O2/c1-5-32(6-2)24(20-12-8-7-9-13-20)19-29-26(34)17-16-25(33)21(18-28)27-30(3)22-14-10-11-15-23(22)31(27)4/h7-15,24H,5-6,16-17,19H2,1-4H3,(H,29,34). The van der Waals surface area contributed by atoms with Crippen LogP contribution < -0.4 is 15.1 Å². The molecule has 0 spiro atoms. The number of carbonyl (C=O) groups is 2. The van der Waals surface area contributed by atoms with Gasteiger partial charge in [-0.2, -0.15) is 5.26 Å². The van der Waals surface area contributed by atoms with Crippen molar-refractivity contribution in [3.63, 3.8) is 0 Å². The number of hydrogen-bond donors (Lipinski definition) is 1. The summed E-state index contributed by atoms with van der Waals surface area (Å²) < 4.78 is 0. The smallest absolute Gasteiger partial charge is 0.220 e. The molecule has 1 atom stereocenters. The van der Waals surface area contributed by atoms with Gasteiger partial charge in [0.1, 0.15) is 17.5 Å². The summed E-state index contributed by atoms with van der Waals surface area (Å²) in [5, 5.41) is 12.8. The van der Waals surface area contributed by atoms with E-state index in [1.54, 1.807) is 0 Å². The van der Waals surface area contributed by atoms with Gasteiger partial charge in [0.2, 0.25) is 5.91 Å². The second kappa shape index (κ2) is 11.5. The van der Waals surface area contributed by atoms with Crippen molar-refractivity contribution in [1.29, 1.82) is 5.26 Å². The first-order valence-electron chi connectivity index (χ1n) is 11.7. The molecule has 3 rings (SSSR count). The molecule has 0 bridgehead atoms. The lowest BCUT2D eigenvalue weighted by Crippen LogP contribution is -2.38. The third-order valence-electron chi connectivity index (χ3n) is 6.36. The summed E-state index contributed by atoms with van der Waals surface area (Å²) in [4.78, 5) is 31.6. The summed E-state index contributed by atoms with van der Waals surface area (Å²) in [7, 11) is 3.68. The number of anilines is 2. The maximum atomic E-state index is 12.9. The van der Waals surface area contributed by atoms with Crippen LogP contribution in [0.4, 0.5) is 11.4 Å². The van der Waals surface area contributed by atoms with Gasteiger partial charge in [-0.05, 0) is 30.8 Å². The average Bonchev–Trinajstić information content (AvgIpc) is 3.11. The van der Waals surface area contributed by atoms with Crippen molar-refractivity contribution in [3.05, 3.63) is 71.6 Å². The number of allylic oxidation sites excluding steroid dienone is 1. The van der Waals surface area contributed by atoms with Crippen LogP contribution in [0.1, 0.15) is 38.3 Å². The molecular formula is C27H33N5O2. The fourth-order valence-corrected chi connectivity index (χ4v) is 4.51. The molecule has 1 aliphatic heterocycles. The van der Waals surface area contributed by atoms with E-state index in [1.807, 2.05) is 66.4 Å². The van der Waals surface area contributed by atoms with Gasteiger partial charge in [0.15, 0.2) is 5.78 Å². The third-order valence-corrected chi connectivity index (χ3v) is 6.36. The zero-order valence-electron chi connectivity index (χ0n) is 20.4. The first-order chi connectivity index (χ1) is 16.4. The van der Waals surface area contributed by atoms with Gasteiger partial charge >= 0.3 is 0 Å². The van der Waals surface area contributed by atoms with Gasteiger partial charge in [0.25, 0.3) is 0 Å². The molecule has 0 radical (unpaired) electrons. The lowest BCUT2D eigenvalue weighted by Gasteiger charge is -2.30. The summed E-state index contributed by atoms with van der Waals surface area (Å²) >= 11 is 0. The van der Waals surface area contributed by atoms with E-state index in [0.717, 1.165) is 30.0 Å². The number of rotatable bonds is 10. The Balaban J connectivity index is 1.64. The molecule has 0 fully saturated rings. The molecular weight excluding hydrogens is 426 g/mol. The first kappa shape index (κ1) is 25.0. The summed E-state index contributed by atoms with van der Waals surface area (Å²) in [5.41, 5.74) is 3.08. The second-order valence-corrected chi connectivity index (χ2v) is 8.29. The SMILES string of the molecule is CCN(CC)C(CNC(=O)CCC(=O)C(C#N)=C1N(C)c2ccccc2N1C)c1ccccc1. The van der Waals surface area contributed by atoms with Crippen LogP contribution in [0.3, 0.4) is 0 Å². The third kappa shape index (κ3) is 5.29. The Labute approximate surface area is 202 Å². The summed E-state index contributed by atoms with van der Waals surface area (Å²) in [6.07, 6.45) is 0.0228. The molecule has 2 aromatic rings. The van der Waals surface area contributed by atoms with Crippen LogP contribution in [0.15, 0.2) is 66.0 Å². The number of fused-ring (bicyclic) bond motifs is 1. The predicted molar refractivity (Wildman–Crippen MR) is 135 cm³/mol. The quantitative estimate of drug-likeness (QED) is 0.429. The molecule has 1 aliphatic rings. The van der Waals surface area contributed by atoms with E-state index in [9.17, 15) is 14.9 Å². The highest BCUT2D eigenvalue weighted by Gasteiger charge is 2.31. The monoisotopic (exact) mass is 459 g/mol. The molecule has 0 aliphatic carbocycles. The van der Waals surface area contributed by atoms with Gasteiger partial charge < -0.3 is 15.1 Å². The number of Topliss-reactive ketones (excluding diaryl/α,β-unsaturated/α-hetero) is 1. The van der Waals surface area contributed by atoms with E-state index < -0.39 is 0 Å². The number of ketones is 1. The van der Waals surface area contributed by atoms with E-state index >= 15 is 0 Å². The highest BCUT2D eigenvalue weighted by atomic mass is 16.2.